The molecule has 0 aliphatic rings. The molecule has 0 unspecified atom stereocenters. The second kappa shape index (κ2) is 2.57. The molecule has 1 aromatic heterocycles. The second-order valence-electron chi connectivity index (χ2n) is 2.44. The van der Waals surface area contributed by atoms with Crippen molar-refractivity contribution in [3.05, 3.63) is 27.5 Å². The van der Waals surface area contributed by atoms with Gasteiger partial charge in [-0.05, 0) is 30.1 Å². The highest BCUT2D eigenvalue weighted by Gasteiger charge is 2.02. The van der Waals surface area contributed by atoms with Gasteiger partial charge in [-0.3, -0.25) is 0 Å². The number of rotatable bonds is 0. The summed E-state index contributed by atoms with van der Waals surface area (Å²) in [6, 6.07) is 4.14. The molecule has 0 bridgehead atoms. The zero-order valence-corrected chi connectivity index (χ0v) is 8.37. The molecule has 0 aliphatic heterocycles. The van der Waals surface area contributed by atoms with Gasteiger partial charge in [0.1, 0.15) is 0 Å². The largest absolute Gasteiger partial charge is 0.192 e. The van der Waals surface area contributed by atoms with Crippen molar-refractivity contribution in [1.29, 1.82) is 0 Å². The van der Waals surface area contributed by atoms with Crippen LogP contribution in [0.4, 0.5) is 0 Å². The fourth-order valence-electron chi connectivity index (χ4n) is 1.06. The van der Waals surface area contributed by atoms with E-state index in [9.17, 15) is 0 Å². The smallest absolute Gasteiger partial charge is 0.0881 e. The van der Waals surface area contributed by atoms with Gasteiger partial charge >= 0.3 is 0 Å². The Morgan fingerprint density at radius 3 is 3.00 bits per heavy atom. The normalized spacial score (nSPS) is 10.7. The fraction of sp³-hybridized carbons (Fsp3) is 0.125. The predicted molar refractivity (Wildman–Crippen MR) is 52.1 cm³/mol. The van der Waals surface area contributed by atoms with Gasteiger partial charge in [-0.15, -0.1) is 0 Å². The molecule has 1 heterocycles. The highest BCUT2D eigenvalue weighted by molar-refractivity contribution is 9.10. The molecule has 0 fully saturated rings. The van der Waals surface area contributed by atoms with E-state index in [4.69, 9.17) is 0 Å². The van der Waals surface area contributed by atoms with E-state index in [0.29, 0.717) is 0 Å². The van der Waals surface area contributed by atoms with Crippen LogP contribution < -0.4 is 0 Å². The van der Waals surface area contributed by atoms with E-state index < -0.39 is 0 Å². The van der Waals surface area contributed by atoms with E-state index >= 15 is 0 Å². The van der Waals surface area contributed by atoms with Gasteiger partial charge in [0.15, 0.2) is 0 Å². The third-order valence-electron chi connectivity index (χ3n) is 1.68. The van der Waals surface area contributed by atoms with Crippen molar-refractivity contribution in [2.75, 3.05) is 0 Å². The Bertz CT molecular complexity index is 358. The highest BCUT2D eigenvalue weighted by atomic mass is 79.9. The number of aryl methyl sites for hydroxylation is 1. The Labute approximate surface area is 77.3 Å². The first-order chi connectivity index (χ1) is 5.29. The molecule has 0 amide bonds. The van der Waals surface area contributed by atoms with Crippen LogP contribution in [0.1, 0.15) is 5.56 Å². The van der Waals surface area contributed by atoms with Crippen LogP contribution >= 0.6 is 27.5 Å². The van der Waals surface area contributed by atoms with Gasteiger partial charge < -0.3 is 0 Å². The Balaban J connectivity index is 2.96. The van der Waals surface area contributed by atoms with E-state index in [0.717, 1.165) is 9.99 Å². The molecule has 2 aromatic rings. The van der Waals surface area contributed by atoms with Crippen LogP contribution in [0, 0.1) is 6.92 Å². The van der Waals surface area contributed by atoms with E-state index in [1.54, 1.807) is 0 Å². The Morgan fingerprint density at radius 1 is 1.45 bits per heavy atom. The first kappa shape index (κ1) is 7.25. The maximum atomic E-state index is 4.29. The van der Waals surface area contributed by atoms with Gasteiger partial charge in [-0.25, -0.2) is 0 Å². The van der Waals surface area contributed by atoms with Gasteiger partial charge in [0, 0.05) is 15.2 Å². The summed E-state index contributed by atoms with van der Waals surface area (Å²) in [7, 11) is 0. The topological polar surface area (TPSA) is 12.9 Å². The quantitative estimate of drug-likeness (QED) is 0.673. The molecule has 3 heteroatoms. The van der Waals surface area contributed by atoms with Crippen LogP contribution in [-0.2, 0) is 0 Å². The lowest BCUT2D eigenvalue weighted by Crippen LogP contribution is -1.75. The molecule has 2 rings (SSSR count). The van der Waals surface area contributed by atoms with Gasteiger partial charge in [0.2, 0.25) is 0 Å². The number of halogens is 1. The van der Waals surface area contributed by atoms with Crippen LogP contribution in [0.3, 0.4) is 0 Å². The molecule has 0 spiro atoms. The third-order valence-corrected chi connectivity index (χ3v) is 3.00. The summed E-state index contributed by atoms with van der Waals surface area (Å²) in [5.41, 5.74) is 2.36. The van der Waals surface area contributed by atoms with Crippen LogP contribution in [0.5, 0.6) is 0 Å². The molecule has 0 atom stereocenters. The lowest BCUT2D eigenvalue weighted by atomic mass is 10.2. The van der Waals surface area contributed by atoms with Crippen molar-refractivity contribution in [1.82, 2.24) is 4.37 Å². The predicted octanol–water partition coefficient (Wildman–Crippen LogP) is 3.37. The van der Waals surface area contributed by atoms with E-state index in [1.807, 2.05) is 0 Å². The van der Waals surface area contributed by atoms with E-state index in [2.05, 4.69) is 44.7 Å². The zero-order chi connectivity index (χ0) is 7.84. The maximum Gasteiger partial charge on any atom is 0.0881 e. The monoisotopic (exact) mass is 227 g/mol. The average Bonchev–Trinajstić information content (AvgIpc) is 2.45. The number of nitrogens with zero attached hydrogens (tertiary/aromatic N) is 1. The SMILES string of the molecule is Cc1ccc(Br)c2csnc12. The molecular weight excluding hydrogens is 222 g/mol. The first-order valence-electron chi connectivity index (χ1n) is 3.28. The van der Waals surface area contributed by atoms with Crippen molar-refractivity contribution < 1.29 is 0 Å². The molecule has 0 radical (unpaired) electrons. The van der Waals surface area contributed by atoms with Crippen molar-refractivity contribution in [3.63, 3.8) is 0 Å². The molecule has 1 aromatic carbocycles. The lowest BCUT2D eigenvalue weighted by molar-refractivity contribution is 1.48. The van der Waals surface area contributed by atoms with Gasteiger partial charge in [-0.2, -0.15) is 4.37 Å². The lowest BCUT2D eigenvalue weighted by Gasteiger charge is -1.95. The number of benzene rings is 1. The minimum Gasteiger partial charge on any atom is -0.192 e. The molecule has 1 nitrogen and oxygen atoms in total. The molecule has 0 saturated heterocycles. The molecule has 0 N–H and O–H groups in total. The Hall–Kier alpha value is -0.410. The summed E-state index contributed by atoms with van der Waals surface area (Å²) >= 11 is 4.98. The maximum absolute atomic E-state index is 4.29. The molecule has 0 saturated carbocycles. The van der Waals surface area contributed by atoms with Crippen molar-refractivity contribution in [2.45, 2.75) is 6.92 Å². The minimum absolute atomic E-state index is 1.12. The highest BCUT2D eigenvalue weighted by Crippen LogP contribution is 2.26. The minimum atomic E-state index is 1.12. The van der Waals surface area contributed by atoms with Crippen LogP contribution in [-0.4, -0.2) is 4.37 Å². The number of aromatic nitrogens is 1. The van der Waals surface area contributed by atoms with Crippen molar-refractivity contribution >= 4 is 38.4 Å². The van der Waals surface area contributed by atoms with Crippen LogP contribution in [0.25, 0.3) is 10.9 Å². The summed E-state index contributed by atoms with van der Waals surface area (Å²) in [6.45, 7) is 2.08. The average molecular weight is 228 g/mol. The van der Waals surface area contributed by atoms with E-state index in [1.165, 1.54) is 22.5 Å². The van der Waals surface area contributed by atoms with Crippen LogP contribution in [0.15, 0.2) is 22.0 Å². The zero-order valence-electron chi connectivity index (χ0n) is 5.97. The summed E-state index contributed by atoms with van der Waals surface area (Å²) < 4.78 is 5.42. The van der Waals surface area contributed by atoms with E-state index in [-0.39, 0.29) is 0 Å². The Kier molecular flexibility index (Phi) is 1.69. The fourth-order valence-corrected chi connectivity index (χ4v) is 2.39. The third kappa shape index (κ3) is 1.08. The summed E-state index contributed by atoms with van der Waals surface area (Å²) in [4.78, 5) is 0. The second-order valence-corrected chi connectivity index (χ2v) is 3.92. The van der Waals surface area contributed by atoms with Crippen LogP contribution in [0.2, 0.25) is 0 Å². The molecule has 56 valence electrons. The molecular formula is C8H6BrNS. The number of fused-ring (bicyclic) bond motifs is 1. The van der Waals surface area contributed by atoms with Gasteiger partial charge in [0.25, 0.3) is 0 Å². The molecule has 11 heavy (non-hydrogen) atoms. The summed E-state index contributed by atoms with van der Waals surface area (Å²) in [5.74, 6) is 0. The summed E-state index contributed by atoms with van der Waals surface area (Å²) in [6.07, 6.45) is 0. The van der Waals surface area contributed by atoms with Gasteiger partial charge in [0.05, 0.1) is 5.52 Å². The molecule has 0 aliphatic carbocycles. The Morgan fingerprint density at radius 2 is 2.27 bits per heavy atom. The number of hydrogen-bond acceptors (Lipinski definition) is 2. The number of hydrogen-bond donors (Lipinski definition) is 0. The summed E-state index contributed by atoms with van der Waals surface area (Å²) in [5, 5.41) is 3.28. The van der Waals surface area contributed by atoms with Crippen molar-refractivity contribution in [3.8, 4) is 0 Å². The van der Waals surface area contributed by atoms with Gasteiger partial charge in [-0.1, -0.05) is 22.0 Å². The van der Waals surface area contributed by atoms with Crippen molar-refractivity contribution in [2.24, 2.45) is 0 Å². The standard InChI is InChI=1S/C8H6BrNS/c1-5-2-3-7(9)6-4-11-10-8(5)6/h2-4H,1H3. The first-order valence-corrected chi connectivity index (χ1v) is 4.91.